The summed E-state index contributed by atoms with van der Waals surface area (Å²) in [6.07, 6.45) is 1.83. The average molecular weight is 271 g/mol. The first-order chi connectivity index (χ1) is 9.31. The van der Waals surface area contributed by atoms with E-state index in [-0.39, 0.29) is 0 Å². The molecule has 98 valence electrons. The number of likely N-dealkylation sites (N-methyl/N-ethyl adjacent to an activating group) is 1. The molecule has 1 aliphatic rings. The summed E-state index contributed by atoms with van der Waals surface area (Å²) in [7, 11) is 2.17. The number of thiophene rings is 1. The molecule has 2 aromatic rings. The van der Waals surface area contributed by atoms with Gasteiger partial charge in [-0.15, -0.1) is 11.3 Å². The fraction of sp³-hybridized carbons (Fsp3) is 0.400. The SMILES string of the molecule is CN1CCN(CC#Cc2cc3ncccc3s2)CC1. The Kier molecular flexibility index (Phi) is 3.79. The summed E-state index contributed by atoms with van der Waals surface area (Å²) < 4.78 is 1.21. The van der Waals surface area contributed by atoms with Gasteiger partial charge in [-0.25, -0.2) is 0 Å². The monoisotopic (exact) mass is 271 g/mol. The highest BCUT2D eigenvalue weighted by molar-refractivity contribution is 7.19. The molecule has 0 unspecified atom stereocenters. The van der Waals surface area contributed by atoms with Crippen LogP contribution < -0.4 is 0 Å². The molecule has 19 heavy (non-hydrogen) atoms. The molecule has 1 saturated heterocycles. The fourth-order valence-corrected chi connectivity index (χ4v) is 3.07. The molecule has 2 aromatic heterocycles. The number of hydrogen-bond donors (Lipinski definition) is 0. The lowest BCUT2D eigenvalue weighted by Gasteiger charge is -2.30. The smallest absolute Gasteiger partial charge is 0.0822 e. The van der Waals surface area contributed by atoms with Crippen LogP contribution in [0.3, 0.4) is 0 Å². The van der Waals surface area contributed by atoms with Crippen LogP contribution in [0.15, 0.2) is 24.4 Å². The van der Waals surface area contributed by atoms with E-state index in [1.807, 2.05) is 12.3 Å². The van der Waals surface area contributed by atoms with Crippen LogP contribution in [0.25, 0.3) is 10.2 Å². The number of nitrogens with zero attached hydrogens (tertiary/aromatic N) is 3. The van der Waals surface area contributed by atoms with E-state index in [2.05, 4.69) is 45.8 Å². The molecular formula is C15H17N3S. The molecule has 0 N–H and O–H groups in total. The second kappa shape index (κ2) is 5.70. The van der Waals surface area contributed by atoms with E-state index in [1.165, 1.54) is 4.70 Å². The highest BCUT2D eigenvalue weighted by atomic mass is 32.1. The van der Waals surface area contributed by atoms with Crippen molar-refractivity contribution in [3.63, 3.8) is 0 Å². The van der Waals surface area contributed by atoms with E-state index in [0.29, 0.717) is 0 Å². The lowest BCUT2D eigenvalue weighted by Crippen LogP contribution is -2.44. The van der Waals surface area contributed by atoms with Crippen molar-refractivity contribution in [3.8, 4) is 11.8 Å². The molecule has 4 heteroatoms. The molecule has 3 nitrogen and oxygen atoms in total. The summed E-state index contributed by atoms with van der Waals surface area (Å²) in [5.41, 5.74) is 1.05. The van der Waals surface area contributed by atoms with Crippen LogP contribution >= 0.6 is 11.3 Å². The summed E-state index contributed by atoms with van der Waals surface area (Å²) in [5, 5.41) is 0. The first-order valence-corrected chi connectivity index (χ1v) is 7.37. The number of rotatable bonds is 1. The highest BCUT2D eigenvalue weighted by Gasteiger charge is 2.11. The van der Waals surface area contributed by atoms with Crippen LogP contribution in [-0.4, -0.2) is 54.6 Å². The van der Waals surface area contributed by atoms with E-state index in [4.69, 9.17) is 0 Å². The fourth-order valence-electron chi connectivity index (χ4n) is 2.18. The second-order valence-corrected chi connectivity index (χ2v) is 5.96. The predicted octanol–water partition coefficient (Wildman–Crippen LogP) is 1.90. The Morgan fingerprint density at radius 3 is 2.95 bits per heavy atom. The van der Waals surface area contributed by atoms with Gasteiger partial charge in [-0.3, -0.25) is 9.88 Å². The molecular weight excluding hydrogens is 254 g/mol. The minimum absolute atomic E-state index is 0.871. The summed E-state index contributed by atoms with van der Waals surface area (Å²) >= 11 is 1.72. The Balaban J connectivity index is 1.63. The topological polar surface area (TPSA) is 19.4 Å². The lowest BCUT2D eigenvalue weighted by molar-refractivity contribution is 0.168. The summed E-state index contributed by atoms with van der Waals surface area (Å²) in [6, 6.07) is 6.15. The third-order valence-corrected chi connectivity index (χ3v) is 4.40. The molecule has 1 fully saturated rings. The summed E-state index contributed by atoms with van der Waals surface area (Å²) in [5.74, 6) is 6.55. The maximum absolute atomic E-state index is 4.33. The molecule has 1 aliphatic heterocycles. The molecule has 0 amide bonds. The largest absolute Gasteiger partial charge is 0.304 e. The van der Waals surface area contributed by atoms with Gasteiger partial charge < -0.3 is 4.90 Å². The van der Waals surface area contributed by atoms with E-state index in [9.17, 15) is 0 Å². The Morgan fingerprint density at radius 2 is 2.16 bits per heavy atom. The molecule has 0 aliphatic carbocycles. The Morgan fingerprint density at radius 1 is 1.32 bits per heavy atom. The average Bonchev–Trinajstić information content (AvgIpc) is 2.83. The van der Waals surface area contributed by atoms with Crippen molar-refractivity contribution in [2.75, 3.05) is 39.8 Å². The van der Waals surface area contributed by atoms with E-state index < -0.39 is 0 Å². The molecule has 0 spiro atoms. The maximum Gasteiger partial charge on any atom is 0.0822 e. The molecule has 0 atom stereocenters. The highest BCUT2D eigenvalue weighted by Crippen LogP contribution is 2.22. The second-order valence-electron chi connectivity index (χ2n) is 4.88. The zero-order chi connectivity index (χ0) is 13.1. The number of aromatic nitrogens is 1. The minimum Gasteiger partial charge on any atom is -0.304 e. The Labute approximate surface area is 117 Å². The Hall–Kier alpha value is -1.41. The standard InChI is InChI=1S/C15H17N3S/c1-17-8-10-18(11-9-17)7-3-4-13-12-14-15(19-13)5-2-6-16-14/h2,5-6,12H,7-11H2,1H3. The van der Waals surface area contributed by atoms with Crippen molar-refractivity contribution in [2.45, 2.75) is 0 Å². The third kappa shape index (κ3) is 3.13. The molecule has 0 aromatic carbocycles. The zero-order valence-electron chi connectivity index (χ0n) is 11.1. The number of hydrogen-bond acceptors (Lipinski definition) is 4. The molecule has 3 heterocycles. The van der Waals surface area contributed by atoms with Crippen LogP contribution in [0.5, 0.6) is 0 Å². The van der Waals surface area contributed by atoms with Crippen molar-refractivity contribution in [1.29, 1.82) is 0 Å². The van der Waals surface area contributed by atoms with Crippen molar-refractivity contribution < 1.29 is 0 Å². The van der Waals surface area contributed by atoms with Crippen LogP contribution in [0.2, 0.25) is 0 Å². The van der Waals surface area contributed by atoms with Gasteiger partial charge in [0, 0.05) is 32.4 Å². The first-order valence-electron chi connectivity index (χ1n) is 6.55. The summed E-state index contributed by atoms with van der Waals surface area (Å²) in [6.45, 7) is 5.41. The Bertz CT molecular complexity index is 582. The van der Waals surface area contributed by atoms with Gasteiger partial charge in [-0.2, -0.15) is 0 Å². The lowest BCUT2D eigenvalue weighted by atomic mass is 10.3. The summed E-state index contributed by atoms with van der Waals surface area (Å²) in [4.78, 5) is 10.2. The maximum atomic E-state index is 4.33. The predicted molar refractivity (Wildman–Crippen MR) is 80.4 cm³/mol. The van der Waals surface area contributed by atoms with Gasteiger partial charge in [-0.1, -0.05) is 11.8 Å². The van der Waals surface area contributed by atoms with Crippen LogP contribution in [0.4, 0.5) is 0 Å². The van der Waals surface area contributed by atoms with Crippen LogP contribution in [0, 0.1) is 11.8 Å². The minimum atomic E-state index is 0.871. The third-order valence-electron chi connectivity index (χ3n) is 3.40. The van der Waals surface area contributed by atoms with Crippen molar-refractivity contribution >= 4 is 21.6 Å². The van der Waals surface area contributed by atoms with E-state index in [0.717, 1.165) is 43.1 Å². The number of fused-ring (bicyclic) bond motifs is 1. The zero-order valence-corrected chi connectivity index (χ0v) is 11.9. The van der Waals surface area contributed by atoms with E-state index in [1.54, 1.807) is 11.3 Å². The van der Waals surface area contributed by atoms with Gasteiger partial charge in [0.15, 0.2) is 0 Å². The molecule has 3 rings (SSSR count). The van der Waals surface area contributed by atoms with Gasteiger partial charge in [0.1, 0.15) is 0 Å². The van der Waals surface area contributed by atoms with Gasteiger partial charge in [-0.05, 0) is 25.2 Å². The van der Waals surface area contributed by atoms with Gasteiger partial charge >= 0.3 is 0 Å². The van der Waals surface area contributed by atoms with Gasteiger partial charge in [0.2, 0.25) is 0 Å². The van der Waals surface area contributed by atoms with Gasteiger partial charge in [0.25, 0.3) is 0 Å². The van der Waals surface area contributed by atoms with Gasteiger partial charge in [0.05, 0.1) is 21.6 Å². The normalized spacial score (nSPS) is 17.3. The number of piperazine rings is 1. The van der Waals surface area contributed by atoms with Crippen LogP contribution in [-0.2, 0) is 0 Å². The van der Waals surface area contributed by atoms with Crippen molar-refractivity contribution in [3.05, 3.63) is 29.3 Å². The van der Waals surface area contributed by atoms with Crippen LogP contribution in [0.1, 0.15) is 4.88 Å². The molecule has 0 saturated carbocycles. The quantitative estimate of drug-likeness (QED) is 0.739. The van der Waals surface area contributed by atoms with Crippen molar-refractivity contribution in [1.82, 2.24) is 14.8 Å². The first kappa shape index (κ1) is 12.6. The molecule has 0 bridgehead atoms. The van der Waals surface area contributed by atoms with E-state index >= 15 is 0 Å². The molecule has 0 radical (unpaired) electrons. The number of pyridine rings is 1. The van der Waals surface area contributed by atoms with Crippen molar-refractivity contribution in [2.24, 2.45) is 0 Å².